The zero-order valence-electron chi connectivity index (χ0n) is 12.6. The lowest BCUT2D eigenvalue weighted by Gasteiger charge is -2.34. The number of rotatable bonds is 5. The molecule has 0 spiro atoms. The normalized spacial score (nSPS) is 19.7. The minimum atomic E-state index is -0.223. The van der Waals surface area contributed by atoms with Crippen molar-refractivity contribution in [1.29, 1.82) is 0 Å². The zero-order chi connectivity index (χ0) is 14.5. The summed E-state index contributed by atoms with van der Waals surface area (Å²) in [6.07, 6.45) is 0. The molecule has 1 aliphatic rings. The third kappa shape index (κ3) is 3.19. The van der Waals surface area contributed by atoms with Crippen molar-refractivity contribution in [3.05, 3.63) is 35.4 Å². The third-order valence-corrected chi connectivity index (χ3v) is 3.78. The molecule has 4 nitrogen and oxygen atoms in total. The van der Waals surface area contributed by atoms with Crippen molar-refractivity contribution in [2.45, 2.75) is 25.8 Å². The van der Waals surface area contributed by atoms with Gasteiger partial charge in [-0.2, -0.15) is 0 Å². The van der Waals surface area contributed by atoms with Crippen LogP contribution in [-0.4, -0.2) is 44.2 Å². The van der Waals surface area contributed by atoms with Crippen molar-refractivity contribution in [2.24, 2.45) is 0 Å². The number of hydrogen-bond donors (Lipinski definition) is 1. The quantitative estimate of drug-likeness (QED) is 0.893. The Morgan fingerprint density at radius 3 is 2.85 bits per heavy atom. The van der Waals surface area contributed by atoms with E-state index in [0.29, 0.717) is 19.1 Å². The molecule has 1 N–H and O–H groups in total. The zero-order valence-corrected chi connectivity index (χ0v) is 12.6. The number of nitrogens with one attached hydrogen (secondary N) is 1. The number of hydrogen-bond acceptors (Lipinski definition) is 3. The Labute approximate surface area is 121 Å². The van der Waals surface area contributed by atoms with Crippen LogP contribution in [0.2, 0.25) is 0 Å². The van der Waals surface area contributed by atoms with Crippen molar-refractivity contribution in [1.82, 2.24) is 10.2 Å². The fourth-order valence-electron chi connectivity index (χ4n) is 2.69. The van der Waals surface area contributed by atoms with Crippen LogP contribution in [-0.2, 0) is 9.53 Å². The molecule has 0 saturated carbocycles. The van der Waals surface area contributed by atoms with E-state index >= 15 is 0 Å². The second kappa shape index (κ2) is 6.86. The first kappa shape index (κ1) is 15.0. The van der Waals surface area contributed by atoms with E-state index in [9.17, 15) is 4.79 Å². The standard InChI is InChI=1S/C16H24N2O2/c1-12(2)13-6-4-5-7-14(13)15-16(19)18(9-8-17-15)10-11-20-3/h4-7,12,15,17H,8-11H2,1-3H3. The predicted octanol–water partition coefficient (Wildman–Crippen LogP) is 1.93. The molecule has 4 heteroatoms. The summed E-state index contributed by atoms with van der Waals surface area (Å²) in [4.78, 5) is 14.5. The maximum atomic E-state index is 12.6. The number of carbonyl (C=O) groups excluding carboxylic acids is 1. The number of carbonyl (C=O) groups is 1. The molecule has 1 atom stereocenters. The molecule has 1 saturated heterocycles. The van der Waals surface area contributed by atoms with E-state index in [2.05, 4.69) is 31.3 Å². The van der Waals surface area contributed by atoms with Crippen LogP contribution >= 0.6 is 0 Å². The van der Waals surface area contributed by atoms with Crippen LogP contribution in [0, 0.1) is 0 Å². The van der Waals surface area contributed by atoms with Crippen molar-refractivity contribution in [3.63, 3.8) is 0 Å². The summed E-state index contributed by atoms with van der Waals surface area (Å²) in [7, 11) is 1.66. The van der Waals surface area contributed by atoms with Crippen LogP contribution < -0.4 is 5.32 Å². The van der Waals surface area contributed by atoms with Gasteiger partial charge < -0.3 is 15.0 Å². The van der Waals surface area contributed by atoms with Crippen molar-refractivity contribution < 1.29 is 9.53 Å². The number of piperazine rings is 1. The van der Waals surface area contributed by atoms with E-state index in [1.807, 2.05) is 17.0 Å². The first-order valence-electron chi connectivity index (χ1n) is 7.25. The summed E-state index contributed by atoms with van der Waals surface area (Å²) in [6, 6.07) is 7.99. The lowest BCUT2D eigenvalue weighted by Crippen LogP contribution is -2.51. The maximum Gasteiger partial charge on any atom is 0.244 e. The average molecular weight is 276 g/mol. The predicted molar refractivity (Wildman–Crippen MR) is 79.7 cm³/mol. The van der Waals surface area contributed by atoms with Crippen LogP contribution in [0.3, 0.4) is 0 Å². The van der Waals surface area contributed by atoms with Crippen molar-refractivity contribution in [2.75, 3.05) is 33.4 Å². The summed E-state index contributed by atoms with van der Waals surface area (Å²) < 4.78 is 5.08. The van der Waals surface area contributed by atoms with Gasteiger partial charge in [0.1, 0.15) is 6.04 Å². The van der Waals surface area contributed by atoms with Gasteiger partial charge in [-0.25, -0.2) is 0 Å². The van der Waals surface area contributed by atoms with Crippen LogP contribution in [0.4, 0.5) is 0 Å². The molecule has 110 valence electrons. The molecule has 0 aromatic heterocycles. The lowest BCUT2D eigenvalue weighted by molar-refractivity contribution is -0.136. The molecule has 0 radical (unpaired) electrons. The largest absolute Gasteiger partial charge is 0.383 e. The Morgan fingerprint density at radius 2 is 2.15 bits per heavy atom. The molecule has 2 rings (SSSR count). The van der Waals surface area contributed by atoms with Crippen LogP contribution in [0.5, 0.6) is 0 Å². The Kier molecular flexibility index (Phi) is 5.15. The van der Waals surface area contributed by atoms with E-state index in [4.69, 9.17) is 4.74 Å². The van der Waals surface area contributed by atoms with Crippen molar-refractivity contribution in [3.8, 4) is 0 Å². The summed E-state index contributed by atoms with van der Waals surface area (Å²) in [5, 5.41) is 3.35. The molecular weight excluding hydrogens is 252 g/mol. The van der Waals surface area contributed by atoms with E-state index in [1.54, 1.807) is 7.11 Å². The third-order valence-electron chi connectivity index (χ3n) is 3.78. The van der Waals surface area contributed by atoms with Gasteiger partial charge in [-0.05, 0) is 17.0 Å². The first-order valence-corrected chi connectivity index (χ1v) is 7.25. The van der Waals surface area contributed by atoms with Crippen molar-refractivity contribution >= 4 is 5.91 Å². The Morgan fingerprint density at radius 1 is 1.40 bits per heavy atom. The number of ether oxygens (including phenoxy) is 1. The smallest absolute Gasteiger partial charge is 0.244 e. The minimum absolute atomic E-state index is 0.154. The highest BCUT2D eigenvalue weighted by atomic mass is 16.5. The van der Waals surface area contributed by atoms with E-state index in [0.717, 1.165) is 18.7 Å². The summed E-state index contributed by atoms with van der Waals surface area (Å²) in [6.45, 7) is 7.15. The van der Waals surface area contributed by atoms with Gasteiger partial charge in [-0.3, -0.25) is 4.79 Å². The second-order valence-electron chi connectivity index (χ2n) is 5.49. The Bertz CT molecular complexity index is 460. The highest BCUT2D eigenvalue weighted by Crippen LogP contribution is 2.27. The van der Waals surface area contributed by atoms with Gasteiger partial charge >= 0.3 is 0 Å². The summed E-state index contributed by atoms with van der Waals surface area (Å²) in [5.41, 5.74) is 2.35. The Balaban J connectivity index is 2.21. The van der Waals surface area contributed by atoms with E-state index in [1.165, 1.54) is 5.56 Å². The highest BCUT2D eigenvalue weighted by Gasteiger charge is 2.30. The molecular formula is C16H24N2O2. The van der Waals surface area contributed by atoms with Crippen LogP contribution in [0.15, 0.2) is 24.3 Å². The molecule has 1 fully saturated rings. The summed E-state index contributed by atoms with van der Waals surface area (Å²) in [5.74, 6) is 0.566. The van der Waals surface area contributed by atoms with Crippen LogP contribution in [0.25, 0.3) is 0 Å². The molecule has 1 unspecified atom stereocenters. The van der Waals surface area contributed by atoms with E-state index < -0.39 is 0 Å². The molecule has 1 amide bonds. The Hall–Kier alpha value is -1.39. The number of nitrogens with zero attached hydrogens (tertiary/aromatic N) is 1. The number of amides is 1. The molecule has 20 heavy (non-hydrogen) atoms. The fourth-order valence-corrected chi connectivity index (χ4v) is 2.69. The molecule has 1 aliphatic heterocycles. The monoisotopic (exact) mass is 276 g/mol. The summed E-state index contributed by atoms with van der Waals surface area (Å²) >= 11 is 0. The van der Waals surface area contributed by atoms with Gasteiger partial charge in [0.25, 0.3) is 0 Å². The van der Waals surface area contributed by atoms with E-state index in [-0.39, 0.29) is 11.9 Å². The van der Waals surface area contributed by atoms with Gasteiger partial charge in [-0.1, -0.05) is 38.1 Å². The topological polar surface area (TPSA) is 41.6 Å². The maximum absolute atomic E-state index is 12.6. The van der Waals surface area contributed by atoms with Crippen LogP contribution in [0.1, 0.15) is 36.9 Å². The number of methoxy groups -OCH3 is 1. The molecule has 0 bridgehead atoms. The second-order valence-corrected chi connectivity index (χ2v) is 5.49. The lowest BCUT2D eigenvalue weighted by atomic mass is 9.91. The first-order chi connectivity index (χ1) is 9.65. The van der Waals surface area contributed by atoms with Gasteiger partial charge in [0.15, 0.2) is 0 Å². The fraction of sp³-hybridized carbons (Fsp3) is 0.562. The molecule has 1 aromatic carbocycles. The van der Waals surface area contributed by atoms with Gasteiger partial charge in [0, 0.05) is 26.7 Å². The SMILES string of the molecule is COCCN1CCNC(c2ccccc2C(C)C)C1=O. The minimum Gasteiger partial charge on any atom is -0.383 e. The molecule has 1 aromatic rings. The average Bonchev–Trinajstić information content (AvgIpc) is 2.46. The van der Waals surface area contributed by atoms with Gasteiger partial charge in [0.05, 0.1) is 6.61 Å². The van der Waals surface area contributed by atoms with Gasteiger partial charge in [-0.15, -0.1) is 0 Å². The number of benzene rings is 1. The molecule has 1 heterocycles. The van der Waals surface area contributed by atoms with Gasteiger partial charge in [0.2, 0.25) is 5.91 Å². The molecule has 0 aliphatic carbocycles. The highest BCUT2D eigenvalue weighted by molar-refractivity contribution is 5.84.